The van der Waals surface area contributed by atoms with E-state index in [0.717, 1.165) is 28.5 Å². The van der Waals surface area contributed by atoms with Gasteiger partial charge in [0.15, 0.2) is 0 Å². The summed E-state index contributed by atoms with van der Waals surface area (Å²) in [5, 5.41) is 7.35. The van der Waals surface area contributed by atoms with Crippen molar-refractivity contribution < 1.29 is 9.53 Å². The smallest absolute Gasteiger partial charge is 0.300 e. The number of ether oxygens (including phenoxy) is 1. The minimum atomic E-state index is 0.323. The Morgan fingerprint density at radius 3 is 2.83 bits per heavy atom. The Kier molecular flexibility index (Phi) is 5.27. The molecule has 2 aromatic heterocycles. The molecule has 0 fully saturated rings. The van der Waals surface area contributed by atoms with E-state index >= 15 is 0 Å². The predicted octanol–water partition coefficient (Wildman–Crippen LogP) is 5.64. The lowest BCUT2D eigenvalue weighted by atomic mass is 10.1. The first-order valence-corrected chi connectivity index (χ1v) is 9.27. The number of aryl methyl sites for hydroxylation is 1. The molecular formula is C22H17ClN4O2. The summed E-state index contributed by atoms with van der Waals surface area (Å²) in [5.41, 5.74) is 4.69. The molecule has 2 heterocycles. The Morgan fingerprint density at radius 1 is 1.10 bits per heavy atom. The summed E-state index contributed by atoms with van der Waals surface area (Å²) in [6.07, 6.45) is 4.19. The second kappa shape index (κ2) is 8.16. The molecule has 0 aliphatic heterocycles. The monoisotopic (exact) mass is 404 g/mol. The number of aldehydes is 1. The van der Waals surface area contributed by atoms with Crippen molar-refractivity contribution in [3.05, 3.63) is 83.1 Å². The van der Waals surface area contributed by atoms with Crippen molar-refractivity contribution in [3.63, 3.8) is 0 Å². The number of benzene rings is 2. The van der Waals surface area contributed by atoms with Crippen LogP contribution in [-0.2, 0) is 0 Å². The number of halogens is 1. The SMILES string of the molecule is Cc1ccc(Oc2nc3cc(-c4cccn[nH]ccc4)c(Cl)cc3[nH]2)cc1C=O. The Hall–Kier alpha value is -3.64. The summed E-state index contributed by atoms with van der Waals surface area (Å²) in [5.74, 6) is 0.530. The number of carbonyl (C=O) groups excluding carboxylic acids is 1. The number of nitrogens with one attached hydrogen (secondary N) is 2. The molecule has 7 heteroatoms. The number of fused-ring (bicyclic) bond motifs is 1. The van der Waals surface area contributed by atoms with Crippen molar-refractivity contribution in [1.29, 1.82) is 0 Å². The van der Waals surface area contributed by atoms with Crippen LogP contribution in [0.3, 0.4) is 0 Å². The quantitative estimate of drug-likeness (QED) is 0.431. The maximum absolute atomic E-state index is 11.1. The van der Waals surface area contributed by atoms with Crippen molar-refractivity contribution in [2.45, 2.75) is 6.92 Å². The first-order chi connectivity index (χ1) is 14.1. The van der Waals surface area contributed by atoms with Gasteiger partial charge in [-0.15, -0.1) is 0 Å². The first-order valence-electron chi connectivity index (χ1n) is 8.89. The van der Waals surface area contributed by atoms with Crippen LogP contribution in [0.5, 0.6) is 11.8 Å². The number of rotatable bonds is 4. The molecule has 0 spiro atoms. The highest BCUT2D eigenvalue weighted by Crippen LogP contribution is 2.32. The third kappa shape index (κ3) is 4.12. The number of nitrogens with zero attached hydrogens (tertiary/aromatic N) is 2. The summed E-state index contributed by atoms with van der Waals surface area (Å²) in [6, 6.07) is 16.9. The molecular weight excluding hydrogens is 388 g/mol. The van der Waals surface area contributed by atoms with E-state index in [4.69, 9.17) is 16.3 Å². The van der Waals surface area contributed by atoms with Gasteiger partial charge in [0.25, 0.3) is 6.01 Å². The molecule has 0 saturated carbocycles. The molecule has 0 amide bonds. The van der Waals surface area contributed by atoms with Crippen molar-refractivity contribution in [1.82, 2.24) is 20.2 Å². The van der Waals surface area contributed by atoms with Gasteiger partial charge in [0.2, 0.25) is 0 Å². The van der Waals surface area contributed by atoms with Crippen LogP contribution >= 0.6 is 11.6 Å². The molecule has 0 aliphatic carbocycles. The van der Waals surface area contributed by atoms with Crippen LogP contribution in [0, 0.1) is 6.92 Å². The lowest BCUT2D eigenvalue weighted by molar-refractivity contribution is 0.112. The molecule has 29 heavy (non-hydrogen) atoms. The van der Waals surface area contributed by atoms with Gasteiger partial charge in [-0.25, -0.2) is 0 Å². The number of H-pyrrole nitrogens is 2. The van der Waals surface area contributed by atoms with Gasteiger partial charge in [-0.2, -0.15) is 10.1 Å². The fraction of sp³-hybridized carbons (Fsp3) is 0.0455. The third-order valence-corrected chi connectivity index (χ3v) is 4.72. The van der Waals surface area contributed by atoms with E-state index in [1.165, 1.54) is 0 Å². The Balaban J connectivity index is 1.72. The van der Waals surface area contributed by atoms with Crippen molar-refractivity contribution in [2.24, 2.45) is 0 Å². The van der Waals surface area contributed by atoms with Crippen molar-refractivity contribution in [2.75, 3.05) is 0 Å². The molecule has 144 valence electrons. The predicted molar refractivity (Wildman–Crippen MR) is 113 cm³/mol. The average Bonchev–Trinajstić information content (AvgIpc) is 3.15. The summed E-state index contributed by atoms with van der Waals surface area (Å²) >= 11 is 6.52. The van der Waals surface area contributed by atoms with E-state index in [0.29, 0.717) is 27.9 Å². The number of carbonyl (C=O) groups is 1. The van der Waals surface area contributed by atoms with Crippen LogP contribution in [0.15, 0.2) is 67.0 Å². The summed E-state index contributed by atoms with van der Waals surface area (Å²) < 4.78 is 5.81. The molecule has 6 nitrogen and oxygen atoms in total. The van der Waals surface area contributed by atoms with Crippen LogP contribution in [0.2, 0.25) is 5.02 Å². The van der Waals surface area contributed by atoms with Gasteiger partial charge >= 0.3 is 0 Å². The zero-order valence-corrected chi connectivity index (χ0v) is 16.3. The Bertz CT molecular complexity index is 1220. The largest absolute Gasteiger partial charge is 0.426 e. The summed E-state index contributed by atoms with van der Waals surface area (Å²) in [4.78, 5) is 18.8. The third-order valence-electron chi connectivity index (χ3n) is 4.41. The van der Waals surface area contributed by atoms with E-state index < -0.39 is 0 Å². The minimum Gasteiger partial charge on any atom is -0.426 e. The van der Waals surface area contributed by atoms with Gasteiger partial charge in [0.1, 0.15) is 12.0 Å². The molecule has 0 saturated heterocycles. The first kappa shape index (κ1) is 18.7. The summed E-state index contributed by atoms with van der Waals surface area (Å²) in [7, 11) is 0. The Morgan fingerprint density at radius 2 is 1.97 bits per heavy atom. The van der Waals surface area contributed by atoms with E-state index in [-0.39, 0.29) is 0 Å². The van der Waals surface area contributed by atoms with E-state index in [1.807, 2.05) is 49.4 Å². The zero-order valence-electron chi connectivity index (χ0n) is 15.5. The van der Waals surface area contributed by atoms with Gasteiger partial charge in [-0.05, 0) is 54.4 Å². The highest BCUT2D eigenvalue weighted by molar-refractivity contribution is 6.34. The average molecular weight is 405 g/mol. The molecule has 4 rings (SSSR count). The van der Waals surface area contributed by atoms with E-state index in [9.17, 15) is 4.79 Å². The fourth-order valence-corrected chi connectivity index (χ4v) is 3.18. The van der Waals surface area contributed by atoms with Crippen LogP contribution in [0.25, 0.3) is 22.2 Å². The number of hydrogen-bond donors (Lipinski definition) is 2. The molecule has 0 bridgehead atoms. The van der Waals surface area contributed by atoms with Crippen molar-refractivity contribution >= 4 is 28.9 Å². The van der Waals surface area contributed by atoms with E-state index in [1.54, 1.807) is 24.5 Å². The fourth-order valence-electron chi connectivity index (χ4n) is 2.90. The van der Waals surface area contributed by atoms with Crippen molar-refractivity contribution in [3.8, 4) is 22.9 Å². The topological polar surface area (TPSA) is 83.7 Å². The standard InChI is InChI=1S/C22H17ClN4O2/c1-14-6-7-17(10-16(14)13-28)29-22-26-20-11-18(19(23)12-21(20)27-22)15-4-2-8-24-25-9-3-5-15/h2-13,24H,1H3,(H,26,27). The lowest BCUT2D eigenvalue weighted by Crippen LogP contribution is -1.90. The second-order valence-electron chi connectivity index (χ2n) is 6.38. The van der Waals surface area contributed by atoms with E-state index in [2.05, 4.69) is 20.2 Å². The highest BCUT2D eigenvalue weighted by atomic mass is 35.5. The van der Waals surface area contributed by atoms with Crippen LogP contribution in [0.1, 0.15) is 15.9 Å². The molecule has 0 aliphatic rings. The van der Waals surface area contributed by atoms with Gasteiger partial charge in [0.05, 0.1) is 16.1 Å². The number of aromatic amines is 2. The van der Waals surface area contributed by atoms with Gasteiger partial charge < -0.3 is 9.72 Å². The zero-order chi connectivity index (χ0) is 20.2. The molecule has 0 atom stereocenters. The number of imidazole rings is 1. The van der Waals surface area contributed by atoms with Gasteiger partial charge in [-0.1, -0.05) is 29.8 Å². The maximum atomic E-state index is 11.1. The normalized spacial score (nSPS) is 10.6. The Labute approximate surface area is 171 Å². The molecule has 4 aromatic rings. The molecule has 0 unspecified atom stereocenters. The highest BCUT2D eigenvalue weighted by Gasteiger charge is 2.11. The molecule has 2 aromatic carbocycles. The second-order valence-corrected chi connectivity index (χ2v) is 6.78. The molecule has 2 N–H and O–H groups in total. The maximum Gasteiger partial charge on any atom is 0.300 e. The molecule has 0 radical (unpaired) electrons. The number of hydrogen-bond acceptors (Lipinski definition) is 4. The van der Waals surface area contributed by atoms with Crippen LogP contribution in [0.4, 0.5) is 0 Å². The lowest BCUT2D eigenvalue weighted by Gasteiger charge is -2.04. The van der Waals surface area contributed by atoms with Gasteiger partial charge in [0, 0.05) is 23.5 Å². The van der Waals surface area contributed by atoms with Gasteiger partial charge in [-0.3, -0.25) is 9.89 Å². The minimum absolute atomic E-state index is 0.323. The number of aromatic nitrogens is 4. The van der Waals surface area contributed by atoms with Crippen LogP contribution in [-0.4, -0.2) is 26.5 Å². The summed E-state index contributed by atoms with van der Waals surface area (Å²) in [6.45, 7) is 1.87. The van der Waals surface area contributed by atoms with Crippen LogP contribution < -0.4 is 4.74 Å².